The molecule has 11 nitrogen and oxygen atoms in total. The Bertz CT molecular complexity index is 1220. The molecule has 2 aliphatic rings. The Kier molecular flexibility index (Phi) is 5.46. The maximum absolute atomic E-state index is 12.3. The summed E-state index contributed by atoms with van der Waals surface area (Å²) < 4.78 is 10.7. The van der Waals surface area contributed by atoms with Crippen molar-refractivity contribution in [2.24, 2.45) is 0 Å². The van der Waals surface area contributed by atoms with E-state index in [0.29, 0.717) is 24.5 Å². The maximum Gasteiger partial charge on any atom is 0.324 e. The average Bonchev–Trinajstić information content (AvgIpc) is 3.47. The Morgan fingerprint density at radius 2 is 2.21 bits per heavy atom. The van der Waals surface area contributed by atoms with Gasteiger partial charge in [0.15, 0.2) is 11.5 Å². The van der Waals surface area contributed by atoms with Gasteiger partial charge in [-0.15, -0.1) is 11.3 Å². The number of nitrogens with zero attached hydrogens (tertiary/aromatic N) is 4. The Hall–Kier alpha value is -3.51. The zero-order valence-corrected chi connectivity index (χ0v) is 18.3. The topological polar surface area (TPSA) is 140 Å². The molecule has 4 heterocycles. The molecule has 3 aromatic rings. The molecule has 1 fully saturated rings. The summed E-state index contributed by atoms with van der Waals surface area (Å²) in [7, 11) is 0. The number of aliphatic carboxylic acids is 1. The highest BCUT2D eigenvalue weighted by molar-refractivity contribution is 7.16. The number of piperidine rings is 1. The quantitative estimate of drug-likeness (QED) is 0.389. The number of rotatable bonds is 7. The first-order valence-corrected chi connectivity index (χ1v) is 11.3. The smallest absolute Gasteiger partial charge is 0.324 e. The molecule has 172 valence electrons. The monoisotopic (exact) mass is 471 g/mol. The molecular formula is C21H21N5O6S. The van der Waals surface area contributed by atoms with Crippen molar-refractivity contribution in [1.29, 1.82) is 0 Å². The molecule has 1 saturated heterocycles. The van der Waals surface area contributed by atoms with Crippen molar-refractivity contribution in [2.75, 3.05) is 24.8 Å². The van der Waals surface area contributed by atoms with E-state index in [2.05, 4.69) is 15.3 Å². The van der Waals surface area contributed by atoms with E-state index in [1.807, 2.05) is 29.6 Å². The van der Waals surface area contributed by atoms with E-state index < -0.39 is 22.6 Å². The number of hydrogen-bond acceptors (Lipinski definition) is 10. The molecule has 0 amide bonds. The lowest BCUT2D eigenvalue weighted by Gasteiger charge is -2.40. The number of nitro groups is 1. The molecule has 0 saturated carbocycles. The van der Waals surface area contributed by atoms with Crippen LogP contribution < -0.4 is 19.7 Å². The molecule has 0 spiro atoms. The zero-order chi connectivity index (χ0) is 23.0. The van der Waals surface area contributed by atoms with Gasteiger partial charge in [-0.25, -0.2) is 9.97 Å². The van der Waals surface area contributed by atoms with E-state index in [1.165, 1.54) is 16.2 Å². The fourth-order valence-corrected chi connectivity index (χ4v) is 5.00. The first kappa shape index (κ1) is 21.3. The van der Waals surface area contributed by atoms with Crippen LogP contribution in [0.15, 0.2) is 35.8 Å². The number of aromatic nitrogens is 2. The third-order valence-corrected chi connectivity index (χ3v) is 6.91. The summed E-state index contributed by atoms with van der Waals surface area (Å²) in [6.07, 6.45) is 0.886. The zero-order valence-electron chi connectivity index (χ0n) is 17.5. The second-order valence-electron chi connectivity index (χ2n) is 8.02. The summed E-state index contributed by atoms with van der Waals surface area (Å²) in [4.78, 5) is 34.7. The third kappa shape index (κ3) is 4.02. The molecule has 5 rings (SSSR count). The predicted octanol–water partition coefficient (Wildman–Crippen LogP) is 2.28. The van der Waals surface area contributed by atoms with Crippen LogP contribution in [0.3, 0.4) is 0 Å². The molecule has 2 atom stereocenters. The number of anilines is 1. The average molecular weight is 471 g/mol. The van der Waals surface area contributed by atoms with E-state index in [0.717, 1.165) is 15.8 Å². The highest BCUT2D eigenvalue weighted by atomic mass is 32.1. The first-order chi connectivity index (χ1) is 15.9. The molecule has 0 aliphatic carbocycles. The van der Waals surface area contributed by atoms with Crippen molar-refractivity contribution >= 4 is 33.5 Å². The van der Waals surface area contributed by atoms with Crippen molar-refractivity contribution in [1.82, 2.24) is 15.3 Å². The molecule has 1 aromatic carbocycles. The van der Waals surface area contributed by atoms with Gasteiger partial charge in [0.2, 0.25) is 12.7 Å². The van der Waals surface area contributed by atoms with Crippen LogP contribution >= 0.6 is 11.3 Å². The molecule has 2 aliphatic heterocycles. The normalized spacial score (nSPS) is 21.9. The summed E-state index contributed by atoms with van der Waals surface area (Å²) >= 11 is 1.43. The van der Waals surface area contributed by atoms with Crippen molar-refractivity contribution < 1.29 is 24.3 Å². The molecule has 12 heteroatoms. The van der Waals surface area contributed by atoms with Crippen LogP contribution in [0.25, 0.3) is 10.2 Å². The van der Waals surface area contributed by atoms with Gasteiger partial charge in [-0.1, -0.05) is 6.07 Å². The van der Waals surface area contributed by atoms with E-state index >= 15 is 0 Å². The number of fused-ring (bicyclic) bond motifs is 2. The van der Waals surface area contributed by atoms with Crippen molar-refractivity contribution in [3.8, 4) is 11.5 Å². The minimum Gasteiger partial charge on any atom is -0.480 e. The Morgan fingerprint density at radius 3 is 3.03 bits per heavy atom. The molecular weight excluding hydrogens is 450 g/mol. The SMILES string of the molecule is O=C(O)C1(NCCc2ccc3c(c2)OCO3)CCN(c2ncc3ccsc3n2)C([N+](=O)[O-])C1. The summed E-state index contributed by atoms with van der Waals surface area (Å²) in [5.41, 5.74) is -0.467. The van der Waals surface area contributed by atoms with Crippen LogP contribution in [0.2, 0.25) is 0 Å². The number of hydrogen-bond donors (Lipinski definition) is 2. The number of nitrogens with one attached hydrogen (secondary N) is 1. The first-order valence-electron chi connectivity index (χ1n) is 10.4. The van der Waals surface area contributed by atoms with Crippen LogP contribution in [0.5, 0.6) is 11.5 Å². The van der Waals surface area contributed by atoms with Crippen LogP contribution in [0.4, 0.5) is 5.95 Å². The fraction of sp³-hybridized carbons (Fsp3) is 0.381. The maximum atomic E-state index is 12.3. The highest BCUT2D eigenvalue weighted by Gasteiger charge is 2.50. The second kappa shape index (κ2) is 8.45. The molecule has 2 unspecified atom stereocenters. The van der Waals surface area contributed by atoms with E-state index in [9.17, 15) is 20.0 Å². The van der Waals surface area contributed by atoms with E-state index in [4.69, 9.17) is 9.47 Å². The van der Waals surface area contributed by atoms with Crippen LogP contribution in [0, 0.1) is 10.1 Å². The van der Waals surface area contributed by atoms with Gasteiger partial charge in [0.25, 0.3) is 6.17 Å². The number of carbonyl (C=O) groups is 1. The summed E-state index contributed by atoms with van der Waals surface area (Å²) in [6.45, 7) is 0.668. The molecule has 33 heavy (non-hydrogen) atoms. The lowest BCUT2D eigenvalue weighted by atomic mass is 9.85. The van der Waals surface area contributed by atoms with Gasteiger partial charge in [-0.2, -0.15) is 0 Å². The lowest BCUT2D eigenvalue weighted by Crippen LogP contribution is -2.63. The number of carboxylic acid groups (broad SMARTS) is 1. The van der Waals surface area contributed by atoms with Crippen LogP contribution in [-0.2, 0) is 11.2 Å². The molecule has 2 aromatic heterocycles. The summed E-state index contributed by atoms with van der Waals surface area (Å²) in [5, 5.41) is 27.8. The van der Waals surface area contributed by atoms with Crippen molar-refractivity contribution in [3.63, 3.8) is 0 Å². The number of carboxylic acids is 1. The van der Waals surface area contributed by atoms with E-state index in [1.54, 1.807) is 6.20 Å². The summed E-state index contributed by atoms with van der Waals surface area (Å²) in [6, 6.07) is 7.45. The fourth-order valence-electron chi connectivity index (χ4n) is 4.26. The summed E-state index contributed by atoms with van der Waals surface area (Å²) in [5.74, 6) is 0.475. The molecule has 0 bridgehead atoms. The van der Waals surface area contributed by atoms with Gasteiger partial charge in [-0.3, -0.25) is 19.8 Å². The Balaban J connectivity index is 1.31. The molecule has 0 radical (unpaired) electrons. The van der Waals surface area contributed by atoms with Crippen LogP contribution in [-0.4, -0.2) is 57.6 Å². The van der Waals surface area contributed by atoms with Crippen molar-refractivity contribution in [2.45, 2.75) is 31.0 Å². The number of thiophene rings is 1. The van der Waals surface area contributed by atoms with Gasteiger partial charge in [0.1, 0.15) is 10.4 Å². The largest absolute Gasteiger partial charge is 0.480 e. The van der Waals surface area contributed by atoms with Gasteiger partial charge >= 0.3 is 5.97 Å². The lowest BCUT2D eigenvalue weighted by molar-refractivity contribution is -0.526. The highest BCUT2D eigenvalue weighted by Crippen LogP contribution is 2.33. The minimum absolute atomic E-state index is 0.145. The van der Waals surface area contributed by atoms with Crippen molar-refractivity contribution in [3.05, 3.63) is 51.5 Å². The second-order valence-corrected chi connectivity index (χ2v) is 8.91. The van der Waals surface area contributed by atoms with Gasteiger partial charge in [-0.05, 0) is 42.0 Å². The number of benzene rings is 1. The minimum atomic E-state index is -1.42. The van der Waals surface area contributed by atoms with Crippen LogP contribution in [0.1, 0.15) is 18.4 Å². The molecule has 2 N–H and O–H groups in total. The van der Waals surface area contributed by atoms with Gasteiger partial charge in [0, 0.05) is 29.6 Å². The third-order valence-electron chi connectivity index (χ3n) is 6.09. The van der Waals surface area contributed by atoms with E-state index in [-0.39, 0.29) is 32.1 Å². The predicted molar refractivity (Wildman–Crippen MR) is 119 cm³/mol. The number of ether oxygens (including phenoxy) is 2. The standard InChI is InChI=1S/C21H21N5O6S/c27-19(28)21(23-6-3-13-1-2-15-16(9-13)32-12-31-15)5-7-25(17(10-21)26(29)30)20-22-11-14-4-8-33-18(14)24-20/h1-2,4,8-9,11,17,23H,3,5-7,10,12H2,(H,27,28). The van der Waals surface area contributed by atoms with Gasteiger partial charge in [0.05, 0.1) is 6.42 Å². The Labute approximate surface area is 192 Å². The Morgan fingerprint density at radius 1 is 1.36 bits per heavy atom. The van der Waals surface area contributed by atoms with Gasteiger partial charge < -0.3 is 19.9 Å².